The number of aryl methyl sites for hydroxylation is 1. The first kappa shape index (κ1) is 18.7. The number of aromatic nitrogens is 1. The maximum atomic E-state index is 12.8. The Balaban J connectivity index is 1.67. The van der Waals surface area contributed by atoms with E-state index in [-0.39, 0.29) is 17.1 Å². The molecule has 1 aliphatic heterocycles. The number of benzene rings is 1. The molecule has 0 amide bonds. The fourth-order valence-electron chi connectivity index (χ4n) is 2.88. The van der Waals surface area contributed by atoms with Gasteiger partial charge in [0.25, 0.3) is 0 Å². The van der Waals surface area contributed by atoms with Crippen LogP contribution in [-0.4, -0.2) is 43.0 Å². The summed E-state index contributed by atoms with van der Waals surface area (Å²) in [5, 5.41) is 0. The lowest BCUT2D eigenvalue weighted by molar-refractivity contribution is 0.206. The first-order valence-corrected chi connectivity index (χ1v) is 10.2. The topological polar surface area (TPSA) is 68.7 Å². The van der Waals surface area contributed by atoms with Crippen molar-refractivity contribution in [3.8, 4) is 11.6 Å². The minimum absolute atomic E-state index is 0.0455. The van der Waals surface area contributed by atoms with E-state index in [0.717, 1.165) is 5.69 Å². The van der Waals surface area contributed by atoms with Gasteiger partial charge in [0.1, 0.15) is 11.9 Å². The van der Waals surface area contributed by atoms with E-state index in [2.05, 4.69) is 4.98 Å². The van der Waals surface area contributed by atoms with Crippen LogP contribution in [0.1, 0.15) is 26.0 Å². The van der Waals surface area contributed by atoms with Crippen molar-refractivity contribution in [3.63, 3.8) is 0 Å². The number of sulfonamides is 1. The summed E-state index contributed by atoms with van der Waals surface area (Å²) in [4.78, 5) is 4.58. The molecule has 26 heavy (non-hydrogen) atoms. The van der Waals surface area contributed by atoms with Crippen LogP contribution in [0.2, 0.25) is 0 Å². The Kier molecular flexibility index (Phi) is 5.48. The van der Waals surface area contributed by atoms with Gasteiger partial charge in [-0.25, -0.2) is 13.4 Å². The summed E-state index contributed by atoms with van der Waals surface area (Å²) >= 11 is 0. The zero-order valence-corrected chi connectivity index (χ0v) is 16.1. The first-order valence-electron chi connectivity index (χ1n) is 8.72. The Labute approximate surface area is 154 Å². The van der Waals surface area contributed by atoms with Crippen LogP contribution in [0.25, 0.3) is 0 Å². The molecular weight excluding hydrogens is 352 g/mol. The van der Waals surface area contributed by atoms with Crippen LogP contribution >= 0.6 is 0 Å². The molecule has 6 nitrogen and oxygen atoms in total. The largest absolute Gasteiger partial charge is 0.491 e. The summed E-state index contributed by atoms with van der Waals surface area (Å²) in [5.74, 6) is 1.19. The number of rotatable bonds is 6. The third kappa shape index (κ3) is 4.34. The molecule has 2 heterocycles. The van der Waals surface area contributed by atoms with E-state index in [1.54, 1.807) is 30.3 Å². The van der Waals surface area contributed by atoms with E-state index in [1.165, 1.54) is 4.31 Å². The summed E-state index contributed by atoms with van der Waals surface area (Å²) in [7, 11) is -3.54. The van der Waals surface area contributed by atoms with E-state index in [1.807, 2.05) is 32.9 Å². The van der Waals surface area contributed by atoms with Gasteiger partial charge in [0.05, 0.1) is 17.5 Å². The van der Waals surface area contributed by atoms with E-state index in [0.29, 0.717) is 31.1 Å². The minimum atomic E-state index is -3.54. The van der Waals surface area contributed by atoms with Gasteiger partial charge in [0.15, 0.2) is 0 Å². The molecule has 1 fully saturated rings. The predicted molar refractivity (Wildman–Crippen MR) is 99.0 cm³/mol. The van der Waals surface area contributed by atoms with Crippen LogP contribution in [0.4, 0.5) is 0 Å². The highest BCUT2D eigenvalue weighted by atomic mass is 32.2. The van der Waals surface area contributed by atoms with Gasteiger partial charge in [-0.15, -0.1) is 0 Å². The van der Waals surface area contributed by atoms with E-state index in [9.17, 15) is 8.42 Å². The number of nitrogens with zero attached hydrogens (tertiary/aromatic N) is 2. The van der Waals surface area contributed by atoms with Crippen molar-refractivity contribution in [2.24, 2.45) is 0 Å². The van der Waals surface area contributed by atoms with Gasteiger partial charge in [0.2, 0.25) is 15.9 Å². The van der Waals surface area contributed by atoms with Gasteiger partial charge in [-0.05, 0) is 57.5 Å². The molecule has 2 aromatic rings. The third-order valence-electron chi connectivity index (χ3n) is 4.09. The van der Waals surface area contributed by atoms with Gasteiger partial charge in [0, 0.05) is 18.3 Å². The van der Waals surface area contributed by atoms with Gasteiger partial charge >= 0.3 is 0 Å². The van der Waals surface area contributed by atoms with E-state index < -0.39 is 10.0 Å². The third-order valence-corrected chi connectivity index (χ3v) is 5.97. The maximum Gasteiger partial charge on any atom is 0.243 e. The van der Waals surface area contributed by atoms with Crippen molar-refractivity contribution in [2.75, 3.05) is 13.1 Å². The number of ether oxygens (including phenoxy) is 2. The molecule has 0 radical (unpaired) electrons. The van der Waals surface area contributed by atoms with Crippen LogP contribution < -0.4 is 9.47 Å². The lowest BCUT2D eigenvalue weighted by Crippen LogP contribution is -2.31. The van der Waals surface area contributed by atoms with Gasteiger partial charge in [-0.2, -0.15) is 4.31 Å². The Hall–Kier alpha value is -2.12. The second kappa shape index (κ2) is 7.63. The number of pyridine rings is 1. The monoisotopic (exact) mass is 376 g/mol. The van der Waals surface area contributed by atoms with Gasteiger partial charge in [-0.1, -0.05) is 6.07 Å². The molecule has 1 atom stereocenters. The van der Waals surface area contributed by atoms with Crippen LogP contribution in [-0.2, 0) is 10.0 Å². The van der Waals surface area contributed by atoms with Gasteiger partial charge < -0.3 is 9.47 Å². The van der Waals surface area contributed by atoms with Gasteiger partial charge in [-0.3, -0.25) is 0 Å². The SMILES string of the molecule is Cc1cccc(OC2CCN(S(=O)(=O)c3ccc(OC(C)C)cc3)C2)n1. The molecule has 7 heteroatoms. The number of hydrogen-bond acceptors (Lipinski definition) is 5. The second-order valence-corrected chi connectivity index (χ2v) is 8.58. The Morgan fingerprint density at radius 3 is 2.54 bits per heavy atom. The highest BCUT2D eigenvalue weighted by Gasteiger charge is 2.33. The molecule has 1 saturated heterocycles. The predicted octanol–water partition coefficient (Wildman–Crippen LogP) is 3.02. The summed E-state index contributed by atoms with van der Waals surface area (Å²) in [6.07, 6.45) is 0.496. The highest BCUT2D eigenvalue weighted by Crippen LogP contribution is 2.25. The molecule has 3 rings (SSSR count). The molecular formula is C19H24N2O4S. The van der Waals surface area contributed by atoms with Crippen molar-refractivity contribution < 1.29 is 17.9 Å². The van der Waals surface area contributed by atoms with Crippen molar-refractivity contribution in [2.45, 2.75) is 44.3 Å². The molecule has 0 aliphatic carbocycles. The number of hydrogen-bond donors (Lipinski definition) is 0. The van der Waals surface area contributed by atoms with Crippen molar-refractivity contribution in [1.29, 1.82) is 0 Å². The zero-order chi connectivity index (χ0) is 18.7. The Bertz CT molecular complexity index is 850. The molecule has 1 aromatic carbocycles. The molecule has 1 unspecified atom stereocenters. The summed E-state index contributed by atoms with van der Waals surface area (Å²) < 4.78 is 38.5. The van der Waals surface area contributed by atoms with Crippen molar-refractivity contribution in [3.05, 3.63) is 48.2 Å². The van der Waals surface area contributed by atoms with Crippen LogP contribution in [0.15, 0.2) is 47.4 Å². The summed E-state index contributed by atoms with van der Waals surface area (Å²) in [6.45, 7) is 6.51. The summed E-state index contributed by atoms with van der Waals surface area (Å²) in [6, 6.07) is 12.1. The quantitative estimate of drug-likeness (QED) is 0.775. The normalized spacial score (nSPS) is 18.2. The fourth-order valence-corrected chi connectivity index (χ4v) is 4.36. The minimum Gasteiger partial charge on any atom is -0.491 e. The van der Waals surface area contributed by atoms with E-state index >= 15 is 0 Å². The lowest BCUT2D eigenvalue weighted by Gasteiger charge is -2.17. The summed E-state index contributed by atoms with van der Waals surface area (Å²) in [5.41, 5.74) is 0.869. The standard InChI is InChI=1S/C19H24N2O4S/c1-14(2)24-16-7-9-18(10-8-16)26(22,23)21-12-11-17(13-21)25-19-6-4-5-15(3)20-19/h4-10,14,17H,11-13H2,1-3H3. The lowest BCUT2D eigenvalue weighted by atomic mass is 10.3. The molecule has 1 aromatic heterocycles. The highest BCUT2D eigenvalue weighted by molar-refractivity contribution is 7.89. The fraction of sp³-hybridized carbons (Fsp3) is 0.421. The van der Waals surface area contributed by atoms with E-state index in [4.69, 9.17) is 9.47 Å². The first-order chi connectivity index (χ1) is 12.3. The van der Waals surface area contributed by atoms with Crippen LogP contribution in [0.5, 0.6) is 11.6 Å². The second-order valence-electron chi connectivity index (χ2n) is 6.65. The molecule has 140 valence electrons. The molecule has 1 aliphatic rings. The van der Waals surface area contributed by atoms with Crippen molar-refractivity contribution in [1.82, 2.24) is 9.29 Å². The Morgan fingerprint density at radius 2 is 1.88 bits per heavy atom. The zero-order valence-electron chi connectivity index (χ0n) is 15.3. The van der Waals surface area contributed by atoms with Crippen LogP contribution in [0.3, 0.4) is 0 Å². The smallest absolute Gasteiger partial charge is 0.243 e. The average molecular weight is 376 g/mol. The Morgan fingerprint density at radius 1 is 1.15 bits per heavy atom. The molecule has 0 saturated carbocycles. The molecule has 0 spiro atoms. The molecule has 0 N–H and O–H groups in total. The van der Waals surface area contributed by atoms with Crippen molar-refractivity contribution >= 4 is 10.0 Å². The maximum absolute atomic E-state index is 12.8. The molecule has 0 bridgehead atoms. The average Bonchev–Trinajstić information content (AvgIpc) is 3.04. The van der Waals surface area contributed by atoms with Crippen LogP contribution in [0, 0.1) is 6.92 Å².